The van der Waals surface area contributed by atoms with Gasteiger partial charge in [0.05, 0.1) is 12.1 Å². The van der Waals surface area contributed by atoms with E-state index in [1.807, 2.05) is 0 Å². The van der Waals surface area contributed by atoms with Crippen LogP contribution in [0.15, 0.2) is 0 Å². The maximum atomic E-state index is 10.1. The largest absolute Gasteiger partial charge is 1.00 e. The van der Waals surface area contributed by atoms with Crippen LogP contribution in [-0.4, -0.2) is 29.8 Å². The van der Waals surface area contributed by atoms with Gasteiger partial charge in [-0.05, 0) is 6.42 Å². The topological polar surface area (TPSA) is 72.4 Å². The Morgan fingerprint density at radius 1 is 1.70 bits per heavy atom. The number of nitrogens with one attached hydrogen (secondary N) is 1. The Morgan fingerprint density at radius 3 is 2.50 bits per heavy atom. The van der Waals surface area contributed by atoms with Crippen molar-refractivity contribution >= 4 is 5.97 Å². The Hall–Kier alpha value is 0.390. The maximum absolute atomic E-state index is 10.1. The molecule has 0 aromatic carbocycles. The molecule has 1 aliphatic heterocycles. The molecule has 0 aromatic rings. The number of carbonyl (C=O) groups is 1. The summed E-state index contributed by atoms with van der Waals surface area (Å²) in [5.41, 5.74) is 0. The molecule has 0 aromatic heterocycles. The summed E-state index contributed by atoms with van der Waals surface area (Å²) in [4.78, 5) is 10.1. The normalized spacial score (nSPS) is 31.3. The summed E-state index contributed by atoms with van der Waals surface area (Å²) in [5.74, 6) is -1.13. The van der Waals surface area contributed by atoms with Crippen molar-refractivity contribution in [1.29, 1.82) is 0 Å². The van der Waals surface area contributed by atoms with E-state index in [4.69, 9.17) is 5.11 Å². The van der Waals surface area contributed by atoms with Crippen LogP contribution in [0.1, 0.15) is 6.42 Å². The Bertz CT molecular complexity index is 130. The fourth-order valence-corrected chi connectivity index (χ4v) is 0.897. The van der Waals surface area contributed by atoms with E-state index in [-0.39, 0.29) is 36.0 Å². The number of β-amino-alcohol motifs (C(OH)–C–C–N with tert-alkyl or cyclic N) is 1. The minimum absolute atomic E-state index is 0. The number of aliphatic hydroxyl groups excluding tert-OH is 1. The second kappa shape index (κ2) is 4.31. The number of rotatable bonds is 1. The Balaban J connectivity index is 0.000000810. The molecule has 0 radical (unpaired) electrons. The number of aliphatic carboxylic acids is 1. The van der Waals surface area contributed by atoms with Gasteiger partial charge in [-0.2, -0.15) is 0 Å². The van der Waals surface area contributed by atoms with Gasteiger partial charge in [-0.15, -0.1) is 0 Å². The summed E-state index contributed by atoms with van der Waals surface area (Å²) in [7, 11) is 0. The van der Waals surface area contributed by atoms with Gasteiger partial charge < -0.3 is 20.3 Å². The minimum atomic E-state index is -1.13. The molecule has 0 saturated carbocycles. The van der Waals surface area contributed by atoms with Gasteiger partial charge in [0.2, 0.25) is 0 Å². The van der Waals surface area contributed by atoms with Gasteiger partial charge >= 0.3 is 29.6 Å². The molecule has 52 valence electrons. The third kappa shape index (κ3) is 2.56. The molecule has 1 saturated heterocycles. The number of hydrogen-bond acceptors (Lipinski definition) is 4. The minimum Gasteiger partial charge on any atom is -0.548 e. The Labute approximate surface area is 80.9 Å². The van der Waals surface area contributed by atoms with Crippen LogP contribution < -0.4 is 40.0 Å². The van der Waals surface area contributed by atoms with Crippen LogP contribution in [-0.2, 0) is 4.79 Å². The number of carboxylic acids is 1. The van der Waals surface area contributed by atoms with Gasteiger partial charge in [0.15, 0.2) is 0 Å². The van der Waals surface area contributed by atoms with Gasteiger partial charge in [-0.1, -0.05) is 0 Å². The summed E-state index contributed by atoms with van der Waals surface area (Å²) in [6.45, 7) is 0.360. The molecule has 4 nitrogen and oxygen atoms in total. The van der Waals surface area contributed by atoms with Crippen molar-refractivity contribution in [3.63, 3.8) is 0 Å². The van der Waals surface area contributed by atoms with Crippen LogP contribution in [0.25, 0.3) is 0 Å². The molecule has 1 fully saturated rings. The second-order valence-electron chi connectivity index (χ2n) is 2.17. The van der Waals surface area contributed by atoms with Crippen LogP contribution in [0.4, 0.5) is 0 Å². The first-order valence-electron chi connectivity index (χ1n) is 2.82. The summed E-state index contributed by atoms with van der Waals surface area (Å²) in [5, 5.41) is 21.5. The monoisotopic (exact) mass is 153 g/mol. The zero-order valence-electron chi connectivity index (χ0n) is 5.83. The first-order chi connectivity index (χ1) is 4.20. The third-order valence-corrected chi connectivity index (χ3v) is 1.39. The third-order valence-electron chi connectivity index (χ3n) is 1.39. The summed E-state index contributed by atoms with van der Waals surface area (Å²) in [6, 6.07) is -0.653. The standard InChI is InChI=1S/C5H9NO3.Na/c7-3-1-4(5(8)9)6-2-3;/h3-4,6-7H,1-2H2,(H,8,9);/q;+1/p-1/t3-,4-;/m0./s1. The number of aliphatic hydroxyl groups is 1. The van der Waals surface area contributed by atoms with Gasteiger partial charge in [-0.25, -0.2) is 0 Å². The predicted molar refractivity (Wildman–Crippen MR) is 27.4 cm³/mol. The van der Waals surface area contributed by atoms with Crippen LogP contribution in [0.2, 0.25) is 0 Å². The molecule has 0 amide bonds. The number of hydrogen-bond donors (Lipinski definition) is 2. The maximum Gasteiger partial charge on any atom is 1.00 e. The quantitative estimate of drug-likeness (QED) is 0.368. The van der Waals surface area contributed by atoms with Crippen molar-refractivity contribution in [1.82, 2.24) is 5.32 Å². The zero-order valence-corrected chi connectivity index (χ0v) is 7.83. The van der Waals surface area contributed by atoms with Crippen LogP contribution in [0, 0.1) is 0 Å². The first kappa shape index (κ1) is 10.4. The van der Waals surface area contributed by atoms with Crippen molar-refractivity contribution in [2.24, 2.45) is 0 Å². The van der Waals surface area contributed by atoms with E-state index in [1.165, 1.54) is 0 Å². The molecule has 1 rings (SSSR count). The van der Waals surface area contributed by atoms with Crippen LogP contribution in [0.3, 0.4) is 0 Å². The van der Waals surface area contributed by atoms with Crippen LogP contribution in [0.5, 0.6) is 0 Å². The van der Waals surface area contributed by atoms with E-state index in [0.29, 0.717) is 6.54 Å². The first-order valence-corrected chi connectivity index (χ1v) is 2.82. The van der Waals surface area contributed by atoms with E-state index in [1.54, 1.807) is 0 Å². The van der Waals surface area contributed by atoms with Gasteiger partial charge in [-0.3, -0.25) is 0 Å². The summed E-state index contributed by atoms with van der Waals surface area (Å²) >= 11 is 0. The molecule has 0 aliphatic carbocycles. The molecular formula is C5H8NNaO3. The van der Waals surface area contributed by atoms with Gasteiger partial charge in [0.1, 0.15) is 0 Å². The smallest absolute Gasteiger partial charge is 0.548 e. The van der Waals surface area contributed by atoms with E-state index >= 15 is 0 Å². The SMILES string of the molecule is O=C([O-])[C@@H]1C[C@H](O)CN1.[Na+]. The van der Waals surface area contributed by atoms with Crippen LogP contribution >= 0.6 is 0 Å². The van der Waals surface area contributed by atoms with E-state index < -0.39 is 18.1 Å². The second-order valence-corrected chi connectivity index (χ2v) is 2.17. The summed E-state index contributed by atoms with van der Waals surface area (Å²) in [6.07, 6.45) is -0.254. The van der Waals surface area contributed by atoms with Gasteiger partial charge in [0.25, 0.3) is 0 Å². The molecule has 0 unspecified atom stereocenters. The molecule has 5 heteroatoms. The van der Waals surface area contributed by atoms with Crippen molar-refractivity contribution in [2.75, 3.05) is 6.54 Å². The predicted octanol–water partition coefficient (Wildman–Crippen LogP) is -5.54. The molecule has 0 spiro atoms. The van der Waals surface area contributed by atoms with E-state index in [9.17, 15) is 9.90 Å². The van der Waals surface area contributed by atoms with Crippen molar-refractivity contribution in [3.8, 4) is 0 Å². The van der Waals surface area contributed by atoms with E-state index in [0.717, 1.165) is 0 Å². The van der Waals surface area contributed by atoms with Crippen molar-refractivity contribution in [2.45, 2.75) is 18.6 Å². The Kier molecular flexibility index (Phi) is 4.47. The molecule has 0 bridgehead atoms. The fourth-order valence-electron chi connectivity index (χ4n) is 0.897. The van der Waals surface area contributed by atoms with Crippen molar-refractivity contribution in [3.05, 3.63) is 0 Å². The molecule has 2 atom stereocenters. The molecular weight excluding hydrogens is 145 g/mol. The zero-order chi connectivity index (χ0) is 6.85. The molecule has 1 aliphatic rings. The van der Waals surface area contributed by atoms with Crippen molar-refractivity contribution < 1.29 is 44.6 Å². The van der Waals surface area contributed by atoms with E-state index in [2.05, 4.69) is 5.32 Å². The number of carbonyl (C=O) groups excluding carboxylic acids is 1. The Morgan fingerprint density at radius 2 is 2.30 bits per heavy atom. The molecule has 1 heterocycles. The number of carboxylic acid groups (broad SMARTS) is 1. The average molecular weight is 153 g/mol. The molecule has 10 heavy (non-hydrogen) atoms. The summed E-state index contributed by atoms with van der Waals surface area (Å²) < 4.78 is 0. The fraction of sp³-hybridized carbons (Fsp3) is 0.800. The van der Waals surface area contributed by atoms with Gasteiger partial charge in [0, 0.05) is 12.6 Å². The molecule has 2 N–H and O–H groups in total. The average Bonchev–Trinajstić information content (AvgIpc) is 2.14.